The number of hydrogen-bond acceptors (Lipinski definition) is 4. The number of esters is 1. The highest BCUT2D eigenvalue weighted by Crippen LogP contribution is 2.33. The first kappa shape index (κ1) is 13.0. The van der Waals surface area contributed by atoms with Crippen molar-refractivity contribution in [1.82, 2.24) is 0 Å². The van der Waals surface area contributed by atoms with Gasteiger partial charge < -0.3 is 9.57 Å². The summed E-state index contributed by atoms with van der Waals surface area (Å²) in [6.45, 7) is 10.4. The summed E-state index contributed by atoms with van der Waals surface area (Å²) in [4.78, 5) is 16.8. The Morgan fingerprint density at radius 3 is 2.62 bits per heavy atom. The minimum atomic E-state index is -0.533. The van der Waals surface area contributed by atoms with Gasteiger partial charge in [-0.2, -0.15) is 0 Å². The first-order valence-electron chi connectivity index (χ1n) is 5.68. The van der Waals surface area contributed by atoms with Gasteiger partial charge in [-0.05, 0) is 13.8 Å². The highest BCUT2D eigenvalue weighted by molar-refractivity contribution is 5.91. The lowest BCUT2D eigenvalue weighted by molar-refractivity contribution is -0.149. The van der Waals surface area contributed by atoms with Crippen LogP contribution in [-0.2, 0) is 14.4 Å². The normalized spacial score (nSPS) is 24.9. The predicted molar refractivity (Wildman–Crippen MR) is 62.2 cm³/mol. The van der Waals surface area contributed by atoms with Gasteiger partial charge in [-0.1, -0.05) is 25.9 Å². The van der Waals surface area contributed by atoms with Gasteiger partial charge >= 0.3 is 5.97 Å². The minimum absolute atomic E-state index is 0.00752. The summed E-state index contributed by atoms with van der Waals surface area (Å²) in [6, 6.07) is 0. The quantitative estimate of drug-likeness (QED) is 0.696. The van der Waals surface area contributed by atoms with Gasteiger partial charge in [0.25, 0.3) is 0 Å². The van der Waals surface area contributed by atoms with E-state index >= 15 is 0 Å². The van der Waals surface area contributed by atoms with Gasteiger partial charge in [-0.15, -0.1) is 0 Å². The summed E-state index contributed by atoms with van der Waals surface area (Å²) in [5, 5.41) is 4.08. The van der Waals surface area contributed by atoms with Crippen molar-refractivity contribution in [3.8, 4) is 0 Å². The molecule has 1 aliphatic rings. The molecule has 0 aromatic heterocycles. The summed E-state index contributed by atoms with van der Waals surface area (Å²) in [5.41, 5.74) is 0.459. The maximum absolute atomic E-state index is 11.4. The standard InChI is InChI=1S/C12H21NO3/c1-6-15-10(14)8-12(5)7-9(13-16-12)11(2,3)4/h6-8H2,1-5H3. The lowest BCUT2D eigenvalue weighted by Gasteiger charge is -2.22. The monoisotopic (exact) mass is 227 g/mol. The molecular formula is C12H21NO3. The van der Waals surface area contributed by atoms with Crippen molar-refractivity contribution < 1.29 is 14.4 Å². The molecule has 0 saturated heterocycles. The van der Waals surface area contributed by atoms with Crippen LogP contribution in [0.4, 0.5) is 0 Å². The zero-order valence-electron chi connectivity index (χ0n) is 10.8. The summed E-state index contributed by atoms with van der Waals surface area (Å²) >= 11 is 0. The highest BCUT2D eigenvalue weighted by atomic mass is 16.7. The number of rotatable bonds is 3. The molecule has 1 rings (SSSR count). The molecule has 0 fully saturated rings. The zero-order valence-corrected chi connectivity index (χ0v) is 10.8. The van der Waals surface area contributed by atoms with Crippen LogP contribution >= 0.6 is 0 Å². The van der Waals surface area contributed by atoms with Crippen molar-refractivity contribution in [2.24, 2.45) is 10.6 Å². The van der Waals surface area contributed by atoms with Crippen molar-refractivity contribution >= 4 is 11.7 Å². The van der Waals surface area contributed by atoms with Crippen LogP contribution in [0.5, 0.6) is 0 Å². The second-order valence-corrected chi connectivity index (χ2v) is 5.49. The molecule has 1 atom stereocenters. The lowest BCUT2D eigenvalue weighted by Crippen LogP contribution is -2.31. The van der Waals surface area contributed by atoms with Crippen molar-refractivity contribution in [3.63, 3.8) is 0 Å². The number of ether oxygens (including phenoxy) is 1. The lowest BCUT2D eigenvalue weighted by atomic mass is 9.83. The molecule has 1 aliphatic heterocycles. The Hall–Kier alpha value is -1.06. The fraction of sp³-hybridized carbons (Fsp3) is 0.833. The molecule has 0 aliphatic carbocycles. The van der Waals surface area contributed by atoms with Gasteiger partial charge in [-0.25, -0.2) is 0 Å². The van der Waals surface area contributed by atoms with Gasteiger partial charge in [0, 0.05) is 11.8 Å². The predicted octanol–water partition coefficient (Wildman–Crippen LogP) is 2.52. The van der Waals surface area contributed by atoms with Crippen LogP contribution < -0.4 is 0 Å². The van der Waals surface area contributed by atoms with E-state index in [2.05, 4.69) is 25.9 Å². The fourth-order valence-corrected chi connectivity index (χ4v) is 1.60. The average molecular weight is 227 g/mol. The van der Waals surface area contributed by atoms with E-state index in [9.17, 15) is 4.79 Å². The van der Waals surface area contributed by atoms with Crippen LogP contribution in [0.25, 0.3) is 0 Å². The van der Waals surface area contributed by atoms with Gasteiger partial charge in [-0.3, -0.25) is 4.79 Å². The third kappa shape index (κ3) is 3.22. The van der Waals surface area contributed by atoms with Gasteiger partial charge in [0.05, 0.1) is 18.7 Å². The third-order valence-corrected chi connectivity index (χ3v) is 2.61. The van der Waals surface area contributed by atoms with Crippen molar-refractivity contribution in [2.75, 3.05) is 6.61 Å². The van der Waals surface area contributed by atoms with Crippen molar-refractivity contribution in [1.29, 1.82) is 0 Å². The van der Waals surface area contributed by atoms with E-state index < -0.39 is 5.60 Å². The van der Waals surface area contributed by atoms with Gasteiger partial charge in [0.2, 0.25) is 0 Å². The third-order valence-electron chi connectivity index (χ3n) is 2.61. The maximum Gasteiger partial charge on any atom is 0.309 e. The van der Waals surface area contributed by atoms with E-state index in [0.717, 1.165) is 5.71 Å². The van der Waals surface area contributed by atoms with Crippen LogP contribution in [0.3, 0.4) is 0 Å². The topological polar surface area (TPSA) is 47.9 Å². The number of carbonyl (C=O) groups is 1. The highest BCUT2D eigenvalue weighted by Gasteiger charge is 2.40. The Bertz CT molecular complexity index is 304. The summed E-state index contributed by atoms with van der Waals surface area (Å²) < 4.78 is 4.92. The summed E-state index contributed by atoms with van der Waals surface area (Å²) in [5.74, 6) is -0.227. The molecule has 0 radical (unpaired) electrons. The molecule has 0 amide bonds. The van der Waals surface area contributed by atoms with Crippen molar-refractivity contribution in [2.45, 2.75) is 53.1 Å². The largest absolute Gasteiger partial charge is 0.466 e. The molecule has 0 spiro atoms. The van der Waals surface area contributed by atoms with E-state index in [0.29, 0.717) is 13.0 Å². The maximum atomic E-state index is 11.4. The molecule has 4 heteroatoms. The minimum Gasteiger partial charge on any atom is -0.466 e. The van der Waals surface area contributed by atoms with E-state index in [1.54, 1.807) is 6.92 Å². The molecular weight excluding hydrogens is 206 g/mol. The Morgan fingerprint density at radius 2 is 2.19 bits per heavy atom. The first-order valence-corrected chi connectivity index (χ1v) is 5.68. The van der Waals surface area contributed by atoms with Crippen LogP contribution in [0.1, 0.15) is 47.5 Å². The average Bonchev–Trinajstić information content (AvgIpc) is 2.47. The molecule has 0 N–H and O–H groups in total. The molecule has 1 heterocycles. The SMILES string of the molecule is CCOC(=O)CC1(C)CC(C(C)(C)C)=NO1. The van der Waals surface area contributed by atoms with Crippen LogP contribution in [-0.4, -0.2) is 23.9 Å². The first-order chi connectivity index (χ1) is 7.27. The summed E-state index contributed by atoms with van der Waals surface area (Å²) in [6.07, 6.45) is 0.944. The van der Waals surface area contributed by atoms with E-state index in [1.165, 1.54) is 0 Å². The number of nitrogens with zero attached hydrogens (tertiary/aromatic N) is 1. The smallest absolute Gasteiger partial charge is 0.309 e. The Labute approximate surface area is 97.0 Å². The molecule has 0 bridgehead atoms. The molecule has 0 aromatic rings. The van der Waals surface area contributed by atoms with Crippen LogP contribution in [0, 0.1) is 5.41 Å². The number of oxime groups is 1. The van der Waals surface area contributed by atoms with Crippen LogP contribution in [0.15, 0.2) is 5.16 Å². The van der Waals surface area contributed by atoms with Crippen LogP contribution in [0.2, 0.25) is 0 Å². The van der Waals surface area contributed by atoms with Crippen molar-refractivity contribution in [3.05, 3.63) is 0 Å². The summed E-state index contributed by atoms with van der Waals surface area (Å²) in [7, 11) is 0. The Kier molecular flexibility index (Phi) is 3.61. The van der Waals surface area contributed by atoms with Gasteiger partial charge in [0.15, 0.2) is 5.60 Å². The van der Waals surface area contributed by atoms with E-state index in [1.807, 2.05) is 6.92 Å². The number of hydrogen-bond donors (Lipinski definition) is 0. The molecule has 16 heavy (non-hydrogen) atoms. The molecule has 92 valence electrons. The fourth-order valence-electron chi connectivity index (χ4n) is 1.60. The van der Waals surface area contributed by atoms with E-state index in [-0.39, 0.29) is 17.8 Å². The Balaban J connectivity index is 2.56. The number of carbonyl (C=O) groups excluding carboxylic acids is 1. The van der Waals surface area contributed by atoms with E-state index in [4.69, 9.17) is 9.57 Å². The second kappa shape index (κ2) is 4.44. The molecule has 0 saturated carbocycles. The molecule has 1 unspecified atom stereocenters. The second-order valence-electron chi connectivity index (χ2n) is 5.49. The Morgan fingerprint density at radius 1 is 1.56 bits per heavy atom. The molecule has 4 nitrogen and oxygen atoms in total. The van der Waals surface area contributed by atoms with Gasteiger partial charge in [0.1, 0.15) is 0 Å². The molecule has 0 aromatic carbocycles. The zero-order chi connectivity index (χ0) is 12.4.